The molecule has 0 aliphatic carbocycles. The van der Waals surface area contributed by atoms with Crippen molar-refractivity contribution in [2.24, 2.45) is 5.73 Å². The van der Waals surface area contributed by atoms with Gasteiger partial charge in [0, 0.05) is 0 Å². The largest absolute Gasteiger partial charge is 0.506 e. The van der Waals surface area contributed by atoms with Gasteiger partial charge in [-0.1, -0.05) is 13.0 Å². The molecule has 0 aromatic heterocycles. The van der Waals surface area contributed by atoms with E-state index in [4.69, 9.17) is 5.73 Å². The smallest absolute Gasteiger partial charge is 0.241 e. The van der Waals surface area contributed by atoms with Gasteiger partial charge in [-0.15, -0.1) is 0 Å². The first-order valence-corrected chi connectivity index (χ1v) is 7.35. The molecule has 0 spiro atoms. The quantitative estimate of drug-likeness (QED) is 0.690. The van der Waals surface area contributed by atoms with E-state index >= 15 is 0 Å². The highest BCUT2D eigenvalue weighted by molar-refractivity contribution is 7.98. The molecule has 1 rings (SSSR count). The van der Waals surface area contributed by atoms with Gasteiger partial charge in [-0.3, -0.25) is 4.79 Å². The topological polar surface area (TPSA) is 75.3 Å². The number of carbonyl (C=O) groups is 1. The van der Waals surface area contributed by atoms with Crippen LogP contribution in [-0.2, 0) is 11.2 Å². The second-order valence-corrected chi connectivity index (χ2v) is 5.07. The van der Waals surface area contributed by atoms with Gasteiger partial charge in [0.1, 0.15) is 5.75 Å². The molecule has 1 amide bonds. The number of nitrogens with one attached hydrogen (secondary N) is 1. The maximum Gasteiger partial charge on any atom is 0.241 e. The highest BCUT2D eigenvalue weighted by Crippen LogP contribution is 2.24. The average molecular weight is 268 g/mol. The Hall–Kier alpha value is -1.20. The Bertz CT molecular complexity index is 410. The summed E-state index contributed by atoms with van der Waals surface area (Å²) in [6, 6.07) is 4.65. The van der Waals surface area contributed by atoms with Crippen LogP contribution in [0.5, 0.6) is 5.75 Å². The van der Waals surface area contributed by atoms with Crippen molar-refractivity contribution >= 4 is 23.4 Å². The third-order valence-electron chi connectivity index (χ3n) is 2.70. The zero-order valence-corrected chi connectivity index (χ0v) is 11.6. The van der Waals surface area contributed by atoms with Gasteiger partial charge in [-0.05, 0) is 42.5 Å². The summed E-state index contributed by atoms with van der Waals surface area (Å²) in [4.78, 5) is 11.8. The number of hydrogen-bond donors (Lipinski definition) is 3. The fraction of sp³-hybridized carbons (Fsp3) is 0.462. The number of rotatable bonds is 6. The molecule has 0 saturated carbocycles. The molecule has 1 atom stereocenters. The number of benzene rings is 1. The zero-order valence-electron chi connectivity index (χ0n) is 10.8. The van der Waals surface area contributed by atoms with Gasteiger partial charge >= 0.3 is 0 Å². The Morgan fingerprint density at radius 3 is 2.89 bits per heavy atom. The van der Waals surface area contributed by atoms with Crippen LogP contribution in [0.1, 0.15) is 18.9 Å². The molecule has 0 radical (unpaired) electrons. The maximum absolute atomic E-state index is 11.8. The van der Waals surface area contributed by atoms with Crippen molar-refractivity contribution in [3.63, 3.8) is 0 Å². The lowest BCUT2D eigenvalue weighted by Crippen LogP contribution is -2.36. The molecule has 5 heteroatoms. The van der Waals surface area contributed by atoms with E-state index in [9.17, 15) is 9.90 Å². The van der Waals surface area contributed by atoms with Crippen molar-refractivity contribution in [1.29, 1.82) is 0 Å². The van der Waals surface area contributed by atoms with E-state index in [0.29, 0.717) is 12.1 Å². The minimum absolute atomic E-state index is 0.0672. The summed E-state index contributed by atoms with van der Waals surface area (Å²) in [5.74, 6) is 0.653. The van der Waals surface area contributed by atoms with Crippen LogP contribution in [0.25, 0.3) is 0 Å². The molecule has 100 valence electrons. The van der Waals surface area contributed by atoms with Crippen LogP contribution in [0.4, 0.5) is 5.69 Å². The molecule has 0 heterocycles. The number of phenols is 1. The summed E-state index contributed by atoms with van der Waals surface area (Å²) in [6.45, 7) is 2.02. The van der Waals surface area contributed by atoms with Crippen LogP contribution >= 0.6 is 11.8 Å². The van der Waals surface area contributed by atoms with E-state index in [0.717, 1.165) is 17.7 Å². The van der Waals surface area contributed by atoms with Crippen molar-refractivity contribution in [2.45, 2.75) is 25.8 Å². The number of nitrogens with two attached hydrogens (primary N) is 1. The lowest BCUT2D eigenvalue weighted by atomic mass is 10.1. The molecule has 4 nitrogen and oxygen atoms in total. The first-order valence-electron chi connectivity index (χ1n) is 5.95. The van der Waals surface area contributed by atoms with Gasteiger partial charge in [0.15, 0.2) is 0 Å². The standard InChI is InChI=1S/C13H20N2O2S/c1-3-9-4-5-12(16)11(8-9)15-13(17)10(14)6-7-18-2/h4-5,8,10,16H,3,6-7,14H2,1-2H3,(H,15,17)/t10-/m1/s1. The van der Waals surface area contributed by atoms with Crippen molar-refractivity contribution in [2.75, 3.05) is 17.3 Å². The van der Waals surface area contributed by atoms with Gasteiger partial charge in [-0.2, -0.15) is 11.8 Å². The Morgan fingerprint density at radius 2 is 2.28 bits per heavy atom. The Labute approximate surface area is 112 Å². The van der Waals surface area contributed by atoms with Crippen LogP contribution < -0.4 is 11.1 Å². The van der Waals surface area contributed by atoms with E-state index in [-0.39, 0.29) is 11.7 Å². The number of carbonyl (C=O) groups excluding carboxylic acids is 1. The molecule has 0 bridgehead atoms. The van der Waals surface area contributed by atoms with Gasteiger partial charge in [-0.25, -0.2) is 0 Å². The summed E-state index contributed by atoms with van der Waals surface area (Å²) in [5, 5.41) is 12.3. The molecule has 18 heavy (non-hydrogen) atoms. The molecule has 0 fully saturated rings. The van der Waals surface area contributed by atoms with E-state index < -0.39 is 6.04 Å². The molecule has 4 N–H and O–H groups in total. The van der Waals surface area contributed by atoms with Crippen molar-refractivity contribution in [3.8, 4) is 5.75 Å². The molecular weight excluding hydrogens is 248 g/mol. The number of amides is 1. The highest BCUT2D eigenvalue weighted by Gasteiger charge is 2.14. The molecule has 0 unspecified atom stereocenters. The fourth-order valence-corrected chi connectivity index (χ4v) is 1.99. The van der Waals surface area contributed by atoms with E-state index in [1.165, 1.54) is 0 Å². The number of aromatic hydroxyl groups is 1. The fourth-order valence-electron chi connectivity index (χ4n) is 1.50. The van der Waals surface area contributed by atoms with Gasteiger partial charge in [0.05, 0.1) is 11.7 Å². The third kappa shape index (κ3) is 4.23. The second kappa shape index (κ2) is 7.28. The molecule has 0 saturated heterocycles. The second-order valence-electron chi connectivity index (χ2n) is 4.08. The average Bonchev–Trinajstić information content (AvgIpc) is 2.38. The first-order chi connectivity index (χ1) is 8.58. The van der Waals surface area contributed by atoms with Crippen LogP contribution in [0, 0.1) is 0 Å². The Balaban J connectivity index is 2.68. The minimum atomic E-state index is -0.540. The summed E-state index contributed by atoms with van der Waals surface area (Å²) >= 11 is 1.65. The van der Waals surface area contributed by atoms with Crippen molar-refractivity contribution < 1.29 is 9.90 Å². The van der Waals surface area contributed by atoms with Crippen molar-refractivity contribution in [3.05, 3.63) is 23.8 Å². The molecular formula is C13H20N2O2S. The molecule has 1 aromatic carbocycles. The summed E-state index contributed by atoms with van der Waals surface area (Å²) < 4.78 is 0. The summed E-state index contributed by atoms with van der Waals surface area (Å²) in [6.07, 6.45) is 3.45. The van der Waals surface area contributed by atoms with Gasteiger partial charge < -0.3 is 16.2 Å². The predicted octanol–water partition coefficient (Wildman–Crippen LogP) is 1.97. The van der Waals surface area contributed by atoms with Crippen LogP contribution in [0.15, 0.2) is 18.2 Å². The lowest BCUT2D eigenvalue weighted by molar-refractivity contribution is -0.117. The lowest BCUT2D eigenvalue weighted by Gasteiger charge is -2.13. The van der Waals surface area contributed by atoms with Crippen molar-refractivity contribution in [1.82, 2.24) is 0 Å². The van der Waals surface area contributed by atoms with E-state index in [1.807, 2.05) is 19.2 Å². The Morgan fingerprint density at radius 1 is 1.56 bits per heavy atom. The SMILES string of the molecule is CCc1ccc(O)c(NC(=O)[C@H](N)CCSC)c1. The van der Waals surface area contributed by atoms with Gasteiger partial charge in [0.25, 0.3) is 0 Å². The number of thioether (sulfide) groups is 1. The highest BCUT2D eigenvalue weighted by atomic mass is 32.2. The monoisotopic (exact) mass is 268 g/mol. The molecule has 0 aliphatic rings. The predicted molar refractivity (Wildman–Crippen MR) is 77.1 cm³/mol. The van der Waals surface area contributed by atoms with Gasteiger partial charge in [0.2, 0.25) is 5.91 Å². The Kier molecular flexibility index (Phi) is 6.01. The summed E-state index contributed by atoms with van der Waals surface area (Å²) in [5.41, 5.74) is 7.25. The van der Waals surface area contributed by atoms with Crippen LogP contribution in [-0.4, -0.2) is 29.1 Å². The molecule has 1 aromatic rings. The maximum atomic E-state index is 11.8. The van der Waals surface area contributed by atoms with Crippen LogP contribution in [0.3, 0.4) is 0 Å². The van der Waals surface area contributed by atoms with E-state index in [2.05, 4.69) is 5.32 Å². The number of phenolic OH excluding ortho intramolecular Hbond substituents is 1. The van der Waals surface area contributed by atoms with E-state index in [1.54, 1.807) is 23.9 Å². The first kappa shape index (κ1) is 14.9. The number of hydrogen-bond acceptors (Lipinski definition) is 4. The minimum Gasteiger partial charge on any atom is -0.506 e. The number of aryl methyl sites for hydroxylation is 1. The molecule has 0 aliphatic heterocycles. The normalized spacial score (nSPS) is 12.2. The zero-order chi connectivity index (χ0) is 13.5. The third-order valence-corrected chi connectivity index (χ3v) is 3.34. The number of anilines is 1. The summed E-state index contributed by atoms with van der Waals surface area (Å²) in [7, 11) is 0. The van der Waals surface area contributed by atoms with Crippen LogP contribution in [0.2, 0.25) is 0 Å².